The number of sulfonamides is 1. The van der Waals surface area contributed by atoms with Gasteiger partial charge in [0.1, 0.15) is 0 Å². The Morgan fingerprint density at radius 3 is 2.28 bits per heavy atom. The Morgan fingerprint density at radius 1 is 1.39 bits per heavy atom. The van der Waals surface area contributed by atoms with Crippen LogP contribution in [0.15, 0.2) is 29.2 Å². The van der Waals surface area contributed by atoms with Gasteiger partial charge in [-0.25, -0.2) is 13.6 Å². The Bertz CT molecular complexity index is 554. The first-order valence-corrected chi connectivity index (χ1v) is 8.44. The van der Waals surface area contributed by atoms with Crippen LogP contribution in [0.25, 0.3) is 0 Å². The van der Waals surface area contributed by atoms with E-state index in [9.17, 15) is 17.9 Å². The summed E-state index contributed by atoms with van der Waals surface area (Å²) in [5.74, 6) is 0. The van der Waals surface area contributed by atoms with E-state index < -0.39 is 17.6 Å². The number of nitrogens with two attached hydrogens (primary N) is 1. The Hall–Kier alpha value is -0.720. The normalized spacial score (nSPS) is 17.1. The third-order valence-electron chi connectivity index (χ3n) is 2.39. The van der Waals surface area contributed by atoms with Gasteiger partial charge in [-0.1, -0.05) is 6.92 Å². The number of primary sulfonamides is 1. The van der Waals surface area contributed by atoms with Gasteiger partial charge in [0.15, 0.2) is 0 Å². The molecule has 0 aliphatic rings. The number of hydrogen-bond acceptors (Lipinski definition) is 4. The van der Waals surface area contributed by atoms with Gasteiger partial charge in [-0.3, -0.25) is 4.57 Å². The minimum absolute atomic E-state index is 0.0372. The largest absolute Gasteiger partial charge is 0.359 e. The molecule has 0 spiro atoms. The maximum atomic E-state index is 11.9. The summed E-state index contributed by atoms with van der Waals surface area (Å²) in [5, 5.41) is 4.96. The highest BCUT2D eigenvalue weighted by atomic mass is 32.2. The fourth-order valence-corrected chi connectivity index (χ4v) is 3.00. The third kappa shape index (κ3) is 3.90. The van der Waals surface area contributed by atoms with E-state index in [1.165, 1.54) is 24.3 Å². The molecular weight excluding hydrogens is 277 g/mol. The molecule has 0 saturated heterocycles. The van der Waals surface area contributed by atoms with E-state index in [2.05, 4.69) is 0 Å². The number of benzene rings is 1. The molecule has 0 amide bonds. The van der Waals surface area contributed by atoms with Crippen molar-refractivity contribution in [2.24, 2.45) is 5.14 Å². The maximum absolute atomic E-state index is 11.9. The molecule has 0 heterocycles. The molecule has 3 N–H and O–H groups in total. The average Bonchev–Trinajstić information content (AvgIpc) is 2.27. The minimum atomic E-state index is -3.93. The van der Waals surface area contributed by atoms with E-state index in [0.29, 0.717) is 6.42 Å². The summed E-state index contributed by atoms with van der Waals surface area (Å²) in [6.45, 7) is 3.51. The number of hydrogen-bond donors (Lipinski definition) is 2. The van der Waals surface area contributed by atoms with E-state index in [1.54, 1.807) is 6.92 Å². The second kappa shape index (κ2) is 5.50. The second-order valence-electron chi connectivity index (χ2n) is 3.88. The molecule has 0 saturated carbocycles. The molecular formula is C10H16NO5PS. The molecule has 18 heavy (non-hydrogen) atoms. The van der Waals surface area contributed by atoms with Crippen LogP contribution in [0.1, 0.15) is 20.3 Å². The van der Waals surface area contributed by atoms with Crippen molar-refractivity contribution in [3.05, 3.63) is 24.3 Å². The van der Waals surface area contributed by atoms with Crippen LogP contribution >= 0.6 is 7.60 Å². The molecule has 2 atom stereocenters. The molecule has 0 aliphatic carbocycles. The van der Waals surface area contributed by atoms with Crippen LogP contribution < -0.4 is 10.4 Å². The van der Waals surface area contributed by atoms with Crippen molar-refractivity contribution in [2.75, 3.05) is 0 Å². The molecule has 0 radical (unpaired) electrons. The van der Waals surface area contributed by atoms with Crippen molar-refractivity contribution in [1.29, 1.82) is 0 Å². The lowest BCUT2D eigenvalue weighted by Gasteiger charge is -2.16. The monoisotopic (exact) mass is 293 g/mol. The fourth-order valence-electron chi connectivity index (χ4n) is 1.20. The van der Waals surface area contributed by atoms with E-state index in [-0.39, 0.29) is 16.3 Å². The molecule has 0 aromatic heterocycles. The van der Waals surface area contributed by atoms with E-state index in [1.807, 2.05) is 6.92 Å². The van der Waals surface area contributed by atoms with Crippen LogP contribution in [0.5, 0.6) is 0 Å². The van der Waals surface area contributed by atoms with Crippen molar-refractivity contribution in [3.8, 4) is 0 Å². The van der Waals surface area contributed by atoms with Crippen molar-refractivity contribution in [1.82, 2.24) is 0 Å². The van der Waals surface area contributed by atoms with Gasteiger partial charge in [0, 0.05) is 0 Å². The Kier molecular flexibility index (Phi) is 4.69. The SMILES string of the molecule is CCC(C)OP(=O)(O)c1ccc(S(N)(=O)=O)cc1. The van der Waals surface area contributed by atoms with Crippen LogP contribution in [-0.4, -0.2) is 19.4 Å². The number of rotatable bonds is 5. The van der Waals surface area contributed by atoms with E-state index in [0.717, 1.165) is 0 Å². The summed E-state index contributed by atoms with van der Waals surface area (Å²) in [7, 11) is -7.73. The van der Waals surface area contributed by atoms with E-state index in [4.69, 9.17) is 9.66 Å². The summed E-state index contributed by atoms with van der Waals surface area (Å²) in [6, 6.07) is 4.80. The highest BCUT2D eigenvalue weighted by molar-refractivity contribution is 7.89. The van der Waals surface area contributed by atoms with E-state index >= 15 is 0 Å². The van der Waals surface area contributed by atoms with Gasteiger partial charge >= 0.3 is 7.60 Å². The predicted octanol–water partition coefficient (Wildman–Crippen LogP) is 0.960. The average molecular weight is 293 g/mol. The van der Waals surface area contributed by atoms with Gasteiger partial charge in [-0.15, -0.1) is 0 Å². The molecule has 6 nitrogen and oxygen atoms in total. The molecule has 0 aliphatic heterocycles. The lowest BCUT2D eigenvalue weighted by Crippen LogP contribution is -2.15. The molecule has 1 rings (SSSR count). The third-order valence-corrected chi connectivity index (χ3v) is 4.91. The van der Waals surface area contributed by atoms with Crippen LogP contribution in [0, 0.1) is 0 Å². The summed E-state index contributed by atoms with van der Waals surface area (Å²) < 4.78 is 39.0. The molecule has 0 fully saturated rings. The first-order chi connectivity index (χ1) is 8.16. The molecule has 1 aromatic rings. The summed E-state index contributed by atoms with van der Waals surface area (Å²) in [5.41, 5.74) is 0. The second-order valence-corrected chi connectivity index (χ2v) is 7.21. The van der Waals surface area contributed by atoms with Crippen molar-refractivity contribution in [2.45, 2.75) is 31.3 Å². The molecule has 102 valence electrons. The zero-order chi connectivity index (χ0) is 14.0. The lowest BCUT2D eigenvalue weighted by atomic mass is 10.3. The van der Waals surface area contributed by atoms with Gasteiger partial charge in [-0.05, 0) is 37.6 Å². The van der Waals surface area contributed by atoms with Crippen molar-refractivity contribution in [3.63, 3.8) is 0 Å². The molecule has 1 aromatic carbocycles. The van der Waals surface area contributed by atoms with Crippen LogP contribution in [0.4, 0.5) is 0 Å². The quantitative estimate of drug-likeness (QED) is 0.786. The smallest absolute Gasteiger partial charge is 0.321 e. The summed E-state index contributed by atoms with van der Waals surface area (Å²) in [4.78, 5) is 9.62. The Morgan fingerprint density at radius 2 is 1.89 bits per heavy atom. The van der Waals surface area contributed by atoms with Crippen molar-refractivity contribution < 1.29 is 22.4 Å². The first kappa shape index (κ1) is 15.3. The lowest BCUT2D eigenvalue weighted by molar-refractivity contribution is 0.192. The van der Waals surface area contributed by atoms with Crippen molar-refractivity contribution >= 4 is 22.9 Å². The van der Waals surface area contributed by atoms with Gasteiger partial charge in [0.25, 0.3) is 0 Å². The van der Waals surface area contributed by atoms with Gasteiger partial charge in [0.05, 0.1) is 16.3 Å². The topological polar surface area (TPSA) is 107 Å². The van der Waals surface area contributed by atoms with Crippen LogP contribution in [0.2, 0.25) is 0 Å². The van der Waals surface area contributed by atoms with Gasteiger partial charge < -0.3 is 9.42 Å². The summed E-state index contributed by atoms with van der Waals surface area (Å²) in [6.07, 6.45) is 0.235. The molecule has 8 heteroatoms. The van der Waals surface area contributed by atoms with Crippen LogP contribution in [0.3, 0.4) is 0 Å². The van der Waals surface area contributed by atoms with Gasteiger partial charge in [0.2, 0.25) is 10.0 Å². The van der Waals surface area contributed by atoms with Gasteiger partial charge in [-0.2, -0.15) is 0 Å². The first-order valence-electron chi connectivity index (χ1n) is 5.31. The zero-order valence-electron chi connectivity index (χ0n) is 10.1. The summed E-state index contributed by atoms with van der Waals surface area (Å²) >= 11 is 0. The highest BCUT2D eigenvalue weighted by Crippen LogP contribution is 2.42. The standard InChI is InChI=1S/C10H16NO5PS/c1-3-8(2)16-17(12,13)9-4-6-10(7-5-9)18(11,14)15/h4-8H,3H2,1-2H3,(H,12,13)(H2,11,14,15). The highest BCUT2D eigenvalue weighted by Gasteiger charge is 2.25. The minimum Gasteiger partial charge on any atom is -0.321 e. The predicted molar refractivity (Wildman–Crippen MR) is 68.1 cm³/mol. The molecule has 2 unspecified atom stereocenters. The Labute approximate surface area is 106 Å². The van der Waals surface area contributed by atoms with Crippen LogP contribution in [-0.2, 0) is 19.1 Å². The maximum Gasteiger partial charge on any atom is 0.359 e. The fraction of sp³-hybridized carbons (Fsp3) is 0.400. The zero-order valence-corrected chi connectivity index (χ0v) is 11.8. The Balaban J connectivity index is 3.01. The molecule has 0 bridgehead atoms.